The Hall–Kier alpha value is -3.09. The van der Waals surface area contributed by atoms with E-state index in [0.717, 1.165) is 6.07 Å². The standard InChI is InChI=1S/C14H11FN4O2/c15-9-3-1-7(5-10(9)16)13(20)17-8-2-4-11-12(6-8)19-14(21)18-11/h1-6H,16H2,(H,17,20)(H2,18,19,21). The highest BCUT2D eigenvalue weighted by Crippen LogP contribution is 2.17. The van der Waals surface area contributed by atoms with E-state index in [2.05, 4.69) is 15.3 Å². The normalized spacial score (nSPS) is 10.7. The number of amides is 1. The lowest BCUT2D eigenvalue weighted by Gasteiger charge is -2.06. The number of imidazole rings is 1. The third-order valence-corrected chi connectivity index (χ3v) is 3.03. The average molecular weight is 286 g/mol. The highest BCUT2D eigenvalue weighted by Gasteiger charge is 2.09. The van der Waals surface area contributed by atoms with E-state index in [-0.39, 0.29) is 16.9 Å². The molecule has 0 aliphatic heterocycles. The molecule has 3 aromatic rings. The molecule has 0 atom stereocenters. The zero-order valence-corrected chi connectivity index (χ0v) is 10.7. The Balaban J connectivity index is 1.88. The fourth-order valence-corrected chi connectivity index (χ4v) is 2.00. The first-order valence-corrected chi connectivity index (χ1v) is 6.11. The SMILES string of the molecule is Nc1cc(C(=O)Nc2ccc3[nH]c(=O)[nH]c3c2)ccc1F. The molecule has 3 rings (SSSR count). The molecule has 0 saturated carbocycles. The fraction of sp³-hybridized carbons (Fsp3) is 0. The molecule has 21 heavy (non-hydrogen) atoms. The number of nitrogens with one attached hydrogen (secondary N) is 3. The molecule has 0 fully saturated rings. The van der Waals surface area contributed by atoms with Gasteiger partial charge in [-0.05, 0) is 36.4 Å². The highest BCUT2D eigenvalue weighted by molar-refractivity contribution is 6.05. The minimum Gasteiger partial charge on any atom is -0.396 e. The lowest BCUT2D eigenvalue weighted by atomic mass is 10.1. The molecule has 1 amide bonds. The topological polar surface area (TPSA) is 104 Å². The first-order chi connectivity index (χ1) is 10.0. The number of anilines is 2. The van der Waals surface area contributed by atoms with Crippen LogP contribution < -0.4 is 16.7 Å². The molecule has 106 valence electrons. The summed E-state index contributed by atoms with van der Waals surface area (Å²) in [4.78, 5) is 28.4. The molecule has 0 radical (unpaired) electrons. The van der Waals surface area contributed by atoms with Crippen LogP contribution in [0.1, 0.15) is 10.4 Å². The second kappa shape index (κ2) is 4.78. The van der Waals surface area contributed by atoms with Crippen molar-refractivity contribution in [2.45, 2.75) is 0 Å². The first kappa shape index (κ1) is 12.9. The molecule has 1 heterocycles. The van der Waals surface area contributed by atoms with Gasteiger partial charge in [-0.15, -0.1) is 0 Å². The first-order valence-electron chi connectivity index (χ1n) is 6.11. The van der Waals surface area contributed by atoms with Crippen LogP contribution >= 0.6 is 0 Å². The summed E-state index contributed by atoms with van der Waals surface area (Å²) in [5, 5.41) is 2.65. The second-order valence-electron chi connectivity index (χ2n) is 4.53. The summed E-state index contributed by atoms with van der Waals surface area (Å²) < 4.78 is 13.1. The Labute approximate surface area is 117 Å². The summed E-state index contributed by atoms with van der Waals surface area (Å²) in [6.45, 7) is 0. The van der Waals surface area contributed by atoms with Crippen LogP contribution in [0.25, 0.3) is 11.0 Å². The fourth-order valence-electron chi connectivity index (χ4n) is 2.00. The predicted octanol–water partition coefficient (Wildman–Crippen LogP) is 1.83. The molecule has 0 bridgehead atoms. The predicted molar refractivity (Wildman–Crippen MR) is 77.7 cm³/mol. The maximum atomic E-state index is 13.1. The van der Waals surface area contributed by atoms with Crippen molar-refractivity contribution in [1.82, 2.24) is 9.97 Å². The largest absolute Gasteiger partial charge is 0.396 e. The lowest BCUT2D eigenvalue weighted by molar-refractivity contribution is 0.102. The molecule has 0 aliphatic carbocycles. The number of carbonyl (C=O) groups is 1. The van der Waals surface area contributed by atoms with E-state index in [9.17, 15) is 14.0 Å². The number of hydrogen-bond acceptors (Lipinski definition) is 3. The lowest BCUT2D eigenvalue weighted by Crippen LogP contribution is -2.12. The number of fused-ring (bicyclic) bond motifs is 1. The van der Waals surface area contributed by atoms with Crippen LogP contribution in [0.2, 0.25) is 0 Å². The molecule has 0 spiro atoms. The minimum atomic E-state index is -0.571. The molecule has 2 aromatic carbocycles. The van der Waals surface area contributed by atoms with Gasteiger partial charge in [0, 0.05) is 11.3 Å². The number of H-pyrrole nitrogens is 2. The van der Waals surface area contributed by atoms with Gasteiger partial charge in [0.05, 0.1) is 16.7 Å². The number of carbonyl (C=O) groups excluding carboxylic acids is 1. The molecular weight excluding hydrogens is 275 g/mol. The second-order valence-corrected chi connectivity index (χ2v) is 4.53. The molecule has 5 N–H and O–H groups in total. The van der Waals surface area contributed by atoms with E-state index in [0.29, 0.717) is 16.7 Å². The molecule has 0 saturated heterocycles. The molecule has 0 aliphatic rings. The van der Waals surface area contributed by atoms with Crippen molar-refractivity contribution in [2.75, 3.05) is 11.1 Å². The monoisotopic (exact) mass is 286 g/mol. The van der Waals surface area contributed by atoms with Crippen molar-refractivity contribution in [3.8, 4) is 0 Å². The summed E-state index contributed by atoms with van der Waals surface area (Å²) in [5.74, 6) is -0.989. The number of nitrogens with two attached hydrogens (primary N) is 1. The van der Waals surface area contributed by atoms with Gasteiger partial charge in [0.25, 0.3) is 5.91 Å². The third-order valence-electron chi connectivity index (χ3n) is 3.03. The van der Waals surface area contributed by atoms with E-state index >= 15 is 0 Å². The van der Waals surface area contributed by atoms with Gasteiger partial charge in [0.2, 0.25) is 0 Å². The number of aromatic nitrogens is 2. The van der Waals surface area contributed by atoms with Crippen LogP contribution in [0.3, 0.4) is 0 Å². The molecule has 6 nitrogen and oxygen atoms in total. The van der Waals surface area contributed by atoms with Crippen LogP contribution in [-0.4, -0.2) is 15.9 Å². The Bertz CT molecular complexity index is 897. The summed E-state index contributed by atoms with van der Waals surface area (Å²) in [6, 6.07) is 8.69. The van der Waals surface area contributed by atoms with Crippen LogP contribution in [-0.2, 0) is 0 Å². The molecule has 1 aromatic heterocycles. The van der Waals surface area contributed by atoms with E-state index in [4.69, 9.17) is 5.73 Å². The van der Waals surface area contributed by atoms with Crippen LogP contribution in [0.15, 0.2) is 41.2 Å². The van der Waals surface area contributed by atoms with Gasteiger partial charge in [-0.3, -0.25) is 4.79 Å². The number of aromatic amines is 2. The van der Waals surface area contributed by atoms with E-state index in [1.807, 2.05) is 0 Å². The minimum absolute atomic E-state index is 0.0898. The van der Waals surface area contributed by atoms with Gasteiger partial charge >= 0.3 is 5.69 Å². The van der Waals surface area contributed by atoms with Gasteiger partial charge in [-0.1, -0.05) is 0 Å². The van der Waals surface area contributed by atoms with Gasteiger partial charge < -0.3 is 21.0 Å². The molecule has 7 heteroatoms. The van der Waals surface area contributed by atoms with Crippen LogP contribution in [0.4, 0.5) is 15.8 Å². The van der Waals surface area contributed by atoms with E-state index in [1.165, 1.54) is 12.1 Å². The smallest absolute Gasteiger partial charge is 0.323 e. The van der Waals surface area contributed by atoms with Crippen molar-refractivity contribution in [1.29, 1.82) is 0 Å². The zero-order valence-electron chi connectivity index (χ0n) is 10.7. The van der Waals surface area contributed by atoms with Gasteiger partial charge in [0.15, 0.2) is 0 Å². The van der Waals surface area contributed by atoms with Gasteiger partial charge in [-0.2, -0.15) is 0 Å². The van der Waals surface area contributed by atoms with Crippen molar-refractivity contribution >= 4 is 28.3 Å². The van der Waals surface area contributed by atoms with Crippen molar-refractivity contribution in [3.63, 3.8) is 0 Å². The molecular formula is C14H11FN4O2. The van der Waals surface area contributed by atoms with Crippen molar-refractivity contribution in [3.05, 3.63) is 58.3 Å². The summed E-state index contributed by atoms with van der Waals surface area (Å²) >= 11 is 0. The highest BCUT2D eigenvalue weighted by atomic mass is 19.1. The number of hydrogen-bond donors (Lipinski definition) is 4. The Morgan fingerprint density at radius 1 is 1.10 bits per heavy atom. The third kappa shape index (κ3) is 2.48. The maximum absolute atomic E-state index is 13.1. The van der Waals surface area contributed by atoms with Crippen molar-refractivity contribution in [2.24, 2.45) is 0 Å². The maximum Gasteiger partial charge on any atom is 0.323 e. The number of nitrogen functional groups attached to an aromatic ring is 1. The summed E-state index contributed by atoms with van der Waals surface area (Å²) in [7, 11) is 0. The Morgan fingerprint density at radius 3 is 2.62 bits per heavy atom. The van der Waals surface area contributed by atoms with E-state index in [1.54, 1.807) is 18.2 Å². The number of benzene rings is 2. The Kier molecular flexibility index (Phi) is 2.94. The average Bonchev–Trinajstić information content (AvgIpc) is 2.81. The van der Waals surface area contributed by atoms with E-state index < -0.39 is 11.7 Å². The number of rotatable bonds is 2. The summed E-state index contributed by atoms with van der Waals surface area (Å²) in [6.07, 6.45) is 0. The number of halogens is 1. The molecule has 0 unspecified atom stereocenters. The van der Waals surface area contributed by atoms with Crippen LogP contribution in [0, 0.1) is 5.82 Å². The van der Waals surface area contributed by atoms with Gasteiger partial charge in [-0.25, -0.2) is 9.18 Å². The summed E-state index contributed by atoms with van der Waals surface area (Å²) in [5.41, 5.74) is 7.00. The van der Waals surface area contributed by atoms with Crippen LogP contribution in [0.5, 0.6) is 0 Å². The quantitative estimate of drug-likeness (QED) is 0.540. The van der Waals surface area contributed by atoms with Gasteiger partial charge in [0.1, 0.15) is 5.82 Å². The zero-order chi connectivity index (χ0) is 15.0. The van der Waals surface area contributed by atoms with Crippen molar-refractivity contribution < 1.29 is 9.18 Å². The Morgan fingerprint density at radius 2 is 1.86 bits per heavy atom.